The Labute approximate surface area is 137 Å². The summed E-state index contributed by atoms with van der Waals surface area (Å²) in [5, 5.41) is 8.91. The van der Waals surface area contributed by atoms with Crippen molar-refractivity contribution in [3.8, 4) is 0 Å². The van der Waals surface area contributed by atoms with Crippen LogP contribution in [0.25, 0.3) is 0 Å². The first kappa shape index (κ1) is 16.6. The fourth-order valence-electron chi connectivity index (χ4n) is 2.29. The van der Waals surface area contributed by atoms with Gasteiger partial charge in [0.05, 0.1) is 0 Å². The van der Waals surface area contributed by atoms with Crippen molar-refractivity contribution in [2.24, 2.45) is 4.99 Å². The van der Waals surface area contributed by atoms with Gasteiger partial charge in [-0.25, -0.2) is 0 Å². The molecule has 0 spiro atoms. The Bertz CT molecular complexity index is 549. The Morgan fingerprint density at radius 3 is 2.64 bits per heavy atom. The molecule has 1 unspecified atom stereocenters. The number of rotatable bonds is 7. The average Bonchev–Trinajstić information content (AvgIpc) is 3.09. The molecule has 2 N–H and O–H groups in total. The van der Waals surface area contributed by atoms with E-state index >= 15 is 0 Å². The molecule has 0 radical (unpaired) electrons. The first-order valence-electron chi connectivity index (χ1n) is 7.81. The molecule has 1 atom stereocenters. The zero-order chi connectivity index (χ0) is 15.6. The van der Waals surface area contributed by atoms with Crippen LogP contribution in [-0.2, 0) is 6.42 Å². The van der Waals surface area contributed by atoms with Gasteiger partial charge in [0.2, 0.25) is 0 Å². The maximum absolute atomic E-state index is 4.28. The second-order valence-electron chi connectivity index (χ2n) is 5.39. The Balaban J connectivity index is 1.65. The predicted molar refractivity (Wildman–Crippen MR) is 96.9 cm³/mol. The van der Waals surface area contributed by atoms with Gasteiger partial charge >= 0.3 is 0 Å². The molecule has 2 rings (SSSR count). The van der Waals surface area contributed by atoms with Crippen LogP contribution in [0.2, 0.25) is 0 Å². The molecule has 118 valence electrons. The molecule has 3 nitrogen and oxygen atoms in total. The van der Waals surface area contributed by atoms with Crippen LogP contribution in [-0.4, -0.2) is 26.1 Å². The highest BCUT2D eigenvalue weighted by molar-refractivity contribution is 7.10. The molecule has 0 saturated heterocycles. The van der Waals surface area contributed by atoms with E-state index in [1.807, 2.05) is 18.4 Å². The fraction of sp³-hybridized carbons (Fsp3) is 0.389. The molecule has 0 fully saturated rings. The fourth-order valence-corrected chi connectivity index (χ4v) is 3.07. The van der Waals surface area contributed by atoms with E-state index in [2.05, 4.69) is 70.4 Å². The molecule has 0 aliphatic carbocycles. The van der Waals surface area contributed by atoms with E-state index in [-0.39, 0.29) is 0 Å². The summed E-state index contributed by atoms with van der Waals surface area (Å²) in [5.74, 6) is 1.39. The van der Waals surface area contributed by atoms with Gasteiger partial charge in [-0.15, -0.1) is 11.3 Å². The van der Waals surface area contributed by atoms with Gasteiger partial charge < -0.3 is 10.6 Å². The zero-order valence-electron chi connectivity index (χ0n) is 13.4. The minimum Gasteiger partial charge on any atom is -0.356 e. The lowest BCUT2D eigenvalue weighted by atomic mass is 10.1. The number of guanidine groups is 1. The lowest BCUT2D eigenvalue weighted by molar-refractivity contribution is 0.695. The van der Waals surface area contributed by atoms with Crippen LogP contribution in [0, 0.1) is 0 Å². The van der Waals surface area contributed by atoms with Gasteiger partial charge in [-0.05, 0) is 29.9 Å². The predicted octanol–water partition coefficient (Wildman–Crippen LogP) is 3.65. The molecule has 1 aromatic carbocycles. The van der Waals surface area contributed by atoms with Crippen molar-refractivity contribution >= 4 is 17.3 Å². The molecule has 4 heteroatoms. The Morgan fingerprint density at radius 2 is 1.95 bits per heavy atom. The molecule has 1 aromatic heterocycles. The SMILES string of the molecule is CN=C(NCCCc1ccccc1)NCC(C)c1cccs1. The summed E-state index contributed by atoms with van der Waals surface area (Å²) >= 11 is 1.81. The standard InChI is InChI=1S/C18H25N3S/c1-15(17-11-7-13-22-17)14-21-18(19-2)20-12-6-10-16-8-4-3-5-9-16/h3-5,7-9,11,13,15H,6,10,12,14H2,1-2H3,(H2,19,20,21). The number of nitrogens with zero attached hydrogens (tertiary/aromatic N) is 1. The van der Waals surface area contributed by atoms with Gasteiger partial charge in [-0.2, -0.15) is 0 Å². The molecule has 1 heterocycles. The minimum absolute atomic E-state index is 0.503. The highest BCUT2D eigenvalue weighted by Gasteiger charge is 2.07. The Morgan fingerprint density at radius 1 is 1.14 bits per heavy atom. The van der Waals surface area contributed by atoms with Gasteiger partial charge in [0.15, 0.2) is 5.96 Å². The van der Waals surface area contributed by atoms with Crippen LogP contribution in [0.1, 0.15) is 29.7 Å². The van der Waals surface area contributed by atoms with E-state index in [1.54, 1.807) is 0 Å². The van der Waals surface area contributed by atoms with Crippen molar-refractivity contribution in [3.63, 3.8) is 0 Å². The van der Waals surface area contributed by atoms with Gasteiger partial charge in [0.25, 0.3) is 0 Å². The molecular weight excluding hydrogens is 290 g/mol. The maximum Gasteiger partial charge on any atom is 0.190 e. The van der Waals surface area contributed by atoms with E-state index in [4.69, 9.17) is 0 Å². The molecule has 0 aliphatic rings. The summed E-state index contributed by atoms with van der Waals surface area (Å²) in [6, 6.07) is 14.9. The van der Waals surface area contributed by atoms with Gasteiger partial charge in [-0.3, -0.25) is 4.99 Å². The van der Waals surface area contributed by atoms with E-state index in [0.717, 1.165) is 31.9 Å². The van der Waals surface area contributed by atoms with Crippen molar-refractivity contribution in [1.29, 1.82) is 0 Å². The Hall–Kier alpha value is -1.81. The number of aryl methyl sites for hydroxylation is 1. The normalized spacial score (nSPS) is 12.9. The Kier molecular flexibility index (Phi) is 6.97. The molecule has 22 heavy (non-hydrogen) atoms. The lowest BCUT2D eigenvalue weighted by Crippen LogP contribution is -2.39. The molecule has 2 aromatic rings. The number of aliphatic imine (C=N–C) groups is 1. The summed E-state index contributed by atoms with van der Waals surface area (Å²) in [4.78, 5) is 5.69. The van der Waals surface area contributed by atoms with Crippen molar-refractivity contribution in [2.75, 3.05) is 20.1 Å². The number of hydrogen-bond acceptors (Lipinski definition) is 2. The number of hydrogen-bond donors (Lipinski definition) is 2. The summed E-state index contributed by atoms with van der Waals surface area (Å²) < 4.78 is 0. The van der Waals surface area contributed by atoms with E-state index in [9.17, 15) is 0 Å². The monoisotopic (exact) mass is 315 g/mol. The third-order valence-corrected chi connectivity index (χ3v) is 4.71. The lowest BCUT2D eigenvalue weighted by Gasteiger charge is -2.15. The third kappa shape index (κ3) is 5.53. The highest BCUT2D eigenvalue weighted by Crippen LogP contribution is 2.19. The smallest absolute Gasteiger partial charge is 0.190 e. The van der Waals surface area contributed by atoms with Crippen molar-refractivity contribution < 1.29 is 0 Å². The summed E-state index contributed by atoms with van der Waals surface area (Å²) in [7, 11) is 1.82. The van der Waals surface area contributed by atoms with E-state index < -0.39 is 0 Å². The maximum atomic E-state index is 4.28. The van der Waals surface area contributed by atoms with E-state index in [0.29, 0.717) is 5.92 Å². The summed E-state index contributed by atoms with van der Waals surface area (Å²) in [5.41, 5.74) is 1.39. The topological polar surface area (TPSA) is 36.4 Å². The van der Waals surface area contributed by atoms with Gasteiger partial charge in [0, 0.05) is 30.9 Å². The van der Waals surface area contributed by atoms with Crippen molar-refractivity contribution in [2.45, 2.75) is 25.7 Å². The molecular formula is C18H25N3S. The molecule has 0 amide bonds. The van der Waals surface area contributed by atoms with Gasteiger partial charge in [0.1, 0.15) is 0 Å². The van der Waals surface area contributed by atoms with Gasteiger partial charge in [-0.1, -0.05) is 43.3 Å². The molecule has 0 aliphatic heterocycles. The van der Waals surface area contributed by atoms with Crippen LogP contribution in [0.15, 0.2) is 52.8 Å². The van der Waals surface area contributed by atoms with Crippen molar-refractivity contribution in [1.82, 2.24) is 10.6 Å². The average molecular weight is 315 g/mol. The van der Waals surface area contributed by atoms with E-state index in [1.165, 1.54) is 10.4 Å². The minimum atomic E-state index is 0.503. The van der Waals surface area contributed by atoms with Crippen LogP contribution < -0.4 is 10.6 Å². The largest absolute Gasteiger partial charge is 0.356 e. The quantitative estimate of drug-likeness (QED) is 0.465. The zero-order valence-corrected chi connectivity index (χ0v) is 14.2. The summed E-state index contributed by atoms with van der Waals surface area (Å²) in [6.45, 7) is 4.07. The first-order chi connectivity index (χ1) is 10.8. The van der Waals surface area contributed by atoms with Crippen LogP contribution >= 0.6 is 11.3 Å². The number of benzene rings is 1. The highest BCUT2D eigenvalue weighted by atomic mass is 32.1. The second-order valence-corrected chi connectivity index (χ2v) is 6.36. The number of thiophene rings is 1. The van der Waals surface area contributed by atoms with Crippen LogP contribution in [0.4, 0.5) is 0 Å². The third-order valence-electron chi connectivity index (χ3n) is 3.61. The first-order valence-corrected chi connectivity index (χ1v) is 8.69. The van der Waals surface area contributed by atoms with Crippen molar-refractivity contribution in [3.05, 3.63) is 58.3 Å². The molecule has 0 bridgehead atoms. The van der Waals surface area contributed by atoms with Crippen LogP contribution in [0.5, 0.6) is 0 Å². The molecule has 0 saturated carbocycles. The summed E-state index contributed by atoms with van der Waals surface area (Å²) in [6.07, 6.45) is 2.20. The second kappa shape index (κ2) is 9.26. The number of nitrogens with one attached hydrogen (secondary N) is 2. The van der Waals surface area contributed by atoms with Crippen LogP contribution in [0.3, 0.4) is 0 Å².